The summed E-state index contributed by atoms with van der Waals surface area (Å²) < 4.78 is 22.7. The summed E-state index contributed by atoms with van der Waals surface area (Å²) in [4.78, 5) is 0.301. The summed E-state index contributed by atoms with van der Waals surface area (Å²) in [5, 5.41) is 0. The smallest absolute Gasteiger partial charge is 0.768 e. The second-order valence-electron chi connectivity index (χ2n) is 7.00. The molecular formula is C28H20Na2O2S. The largest absolute Gasteiger partial charge is 1.00 e. The number of hydrogen-bond acceptors (Lipinski definition) is 2. The van der Waals surface area contributed by atoms with Gasteiger partial charge in [-0.25, -0.2) is 0 Å². The molecule has 1 unspecified atom stereocenters. The quantitative estimate of drug-likeness (QED) is 0.182. The van der Waals surface area contributed by atoms with E-state index in [0.29, 0.717) is 10.5 Å². The third-order valence-corrected chi connectivity index (χ3v) is 5.63. The molecule has 2 nitrogen and oxygen atoms in total. The summed E-state index contributed by atoms with van der Waals surface area (Å²) in [7, 11) is 0. The van der Waals surface area contributed by atoms with Crippen molar-refractivity contribution in [2.45, 2.75) is 4.90 Å². The van der Waals surface area contributed by atoms with Gasteiger partial charge in [0, 0.05) is 4.90 Å². The van der Waals surface area contributed by atoms with Crippen molar-refractivity contribution in [3.05, 3.63) is 125 Å². The van der Waals surface area contributed by atoms with E-state index in [1.807, 2.05) is 54.6 Å². The van der Waals surface area contributed by atoms with Crippen LogP contribution in [0.25, 0.3) is 35.4 Å². The number of benzene rings is 4. The summed E-state index contributed by atoms with van der Waals surface area (Å²) in [6.45, 7) is 0. The molecule has 5 heteroatoms. The summed E-state index contributed by atoms with van der Waals surface area (Å²) in [6, 6.07) is 34.6. The van der Waals surface area contributed by atoms with Gasteiger partial charge in [0.2, 0.25) is 0 Å². The van der Waals surface area contributed by atoms with Crippen LogP contribution >= 0.6 is 0 Å². The molecule has 4 aromatic carbocycles. The van der Waals surface area contributed by atoms with Gasteiger partial charge in [-0.2, -0.15) is 5.56 Å². The van der Waals surface area contributed by atoms with Gasteiger partial charge in [-0.05, 0) is 45.0 Å². The van der Waals surface area contributed by atoms with Crippen LogP contribution in [0, 0.1) is 6.07 Å². The molecule has 4 rings (SSSR count). The van der Waals surface area contributed by atoms with Gasteiger partial charge in [0.05, 0.1) is 0 Å². The van der Waals surface area contributed by atoms with Crippen LogP contribution in [0.5, 0.6) is 0 Å². The topological polar surface area (TPSA) is 40.1 Å². The molecule has 0 amide bonds. The molecule has 0 radical (unpaired) electrons. The van der Waals surface area contributed by atoms with Crippen LogP contribution in [0.1, 0.15) is 22.3 Å². The van der Waals surface area contributed by atoms with E-state index in [1.165, 1.54) is 0 Å². The molecule has 33 heavy (non-hydrogen) atoms. The summed E-state index contributed by atoms with van der Waals surface area (Å²) in [5.74, 6) is 0. The molecule has 0 aliphatic heterocycles. The molecule has 0 spiro atoms. The van der Waals surface area contributed by atoms with Gasteiger partial charge in [-0.3, -0.25) is 4.21 Å². The average molecular weight is 467 g/mol. The van der Waals surface area contributed by atoms with E-state index >= 15 is 0 Å². The second kappa shape index (κ2) is 14.0. The van der Waals surface area contributed by atoms with Crippen LogP contribution in [0.3, 0.4) is 0 Å². The Labute approximate surface area is 242 Å². The first-order valence-electron chi connectivity index (χ1n) is 9.91. The first-order valence-corrected chi connectivity index (χ1v) is 11.0. The minimum atomic E-state index is -2.25. The van der Waals surface area contributed by atoms with Crippen molar-refractivity contribution in [1.82, 2.24) is 0 Å². The fourth-order valence-corrected chi connectivity index (χ4v) is 3.74. The third-order valence-electron chi connectivity index (χ3n) is 4.90. The molecule has 0 saturated heterocycles. The van der Waals surface area contributed by atoms with Crippen LogP contribution in [-0.4, -0.2) is 8.76 Å². The van der Waals surface area contributed by atoms with Crippen molar-refractivity contribution < 1.29 is 67.9 Å². The van der Waals surface area contributed by atoms with E-state index in [0.717, 1.165) is 27.8 Å². The zero-order valence-electron chi connectivity index (χ0n) is 18.8. The third kappa shape index (κ3) is 8.03. The van der Waals surface area contributed by atoms with Crippen molar-refractivity contribution in [3.63, 3.8) is 0 Å². The molecule has 152 valence electrons. The van der Waals surface area contributed by atoms with Gasteiger partial charge in [0.15, 0.2) is 0 Å². The minimum Gasteiger partial charge on any atom is -0.768 e. The van der Waals surface area contributed by atoms with Gasteiger partial charge in [-0.15, -0.1) is 36.4 Å². The van der Waals surface area contributed by atoms with E-state index in [4.69, 9.17) is 0 Å². The van der Waals surface area contributed by atoms with Crippen molar-refractivity contribution >= 4 is 35.4 Å². The maximum Gasteiger partial charge on any atom is 1.00 e. The Morgan fingerprint density at radius 1 is 0.636 bits per heavy atom. The fourth-order valence-electron chi connectivity index (χ4n) is 3.23. The SMILES string of the molecule is O=S([O-])c1ccccc1/C=C/c1ccc(-c2ccc(/C=C/c3[c-]cccc3)cc2)cc1.[Na+].[Na+]. The van der Waals surface area contributed by atoms with Crippen LogP contribution < -0.4 is 59.1 Å². The molecule has 0 N–H and O–H groups in total. The van der Waals surface area contributed by atoms with Crippen molar-refractivity contribution in [2.24, 2.45) is 0 Å². The van der Waals surface area contributed by atoms with Crippen LogP contribution in [0.4, 0.5) is 0 Å². The number of hydrogen-bond donors (Lipinski definition) is 0. The van der Waals surface area contributed by atoms with E-state index in [2.05, 4.69) is 54.6 Å². The van der Waals surface area contributed by atoms with Crippen LogP contribution in [-0.2, 0) is 11.1 Å². The molecule has 0 fully saturated rings. The monoisotopic (exact) mass is 466 g/mol. The maximum absolute atomic E-state index is 11.3. The molecule has 1 atom stereocenters. The molecular weight excluding hydrogens is 446 g/mol. The fraction of sp³-hybridized carbons (Fsp3) is 0. The molecule has 0 aromatic heterocycles. The van der Waals surface area contributed by atoms with Crippen molar-refractivity contribution in [3.8, 4) is 11.1 Å². The predicted octanol–water partition coefficient (Wildman–Crippen LogP) is 0.741. The van der Waals surface area contributed by atoms with Gasteiger partial charge < -0.3 is 4.55 Å². The zero-order valence-corrected chi connectivity index (χ0v) is 23.6. The van der Waals surface area contributed by atoms with Crippen molar-refractivity contribution in [1.29, 1.82) is 0 Å². The maximum atomic E-state index is 11.3. The van der Waals surface area contributed by atoms with Crippen molar-refractivity contribution in [2.75, 3.05) is 0 Å². The predicted molar refractivity (Wildman–Crippen MR) is 129 cm³/mol. The summed E-state index contributed by atoms with van der Waals surface area (Å²) in [5.41, 5.74) is 6.15. The normalized spacial score (nSPS) is 11.7. The van der Waals surface area contributed by atoms with Gasteiger partial charge in [0.25, 0.3) is 0 Å². The molecule has 0 saturated carbocycles. The minimum absolute atomic E-state index is 0. The Bertz CT molecular complexity index is 1230. The van der Waals surface area contributed by atoms with E-state index in [-0.39, 0.29) is 59.1 Å². The Hall–Kier alpha value is -1.53. The average Bonchev–Trinajstić information content (AvgIpc) is 2.83. The first-order chi connectivity index (χ1) is 15.2. The van der Waals surface area contributed by atoms with Gasteiger partial charge in [-0.1, -0.05) is 85.0 Å². The molecule has 4 aromatic rings. The van der Waals surface area contributed by atoms with E-state index < -0.39 is 11.1 Å². The van der Waals surface area contributed by atoms with Gasteiger partial charge >= 0.3 is 59.1 Å². The first kappa shape index (κ1) is 27.7. The second-order valence-corrected chi connectivity index (χ2v) is 7.91. The molecule has 0 heterocycles. The molecule has 0 aliphatic carbocycles. The Morgan fingerprint density at radius 2 is 1.18 bits per heavy atom. The standard InChI is InChI=1S/C28H21O2S.2Na/c29-31(30)28-9-5-4-8-27(28)21-16-24-14-19-26(20-15-24)25-17-12-23(13-18-25)11-10-22-6-2-1-3-7-22;;/h1-6,8-21H,(H,29,30);;/q-1;2*+1/p-1/b11-10+,21-16+;;. The molecule has 0 aliphatic rings. The summed E-state index contributed by atoms with van der Waals surface area (Å²) in [6.07, 6.45) is 7.88. The van der Waals surface area contributed by atoms with Gasteiger partial charge in [0.1, 0.15) is 0 Å². The molecule has 0 bridgehead atoms. The van der Waals surface area contributed by atoms with E-state index in [9.17, 15) is 8.76 Å². The zero-order chi connectivity index (χ0) is 21.5. The Kier molecular flexibility index (Phi) is 11.8. The van der Waals surface area contributed by atoms with Crippen LogP contribution in [0.2, 0.25) is 0 Å². The summed E-state index contributed by atoms with van der Waals surface area (Å²) >= 11 is -2.25. The number of rotatable bonds is 6. The Morgan fingerprint density at radius 3 is 1.73 bits per heavy atom. The Balaban J connectivity index is 0.00000193. The van der Waals surface area contributed by atoms with E-state index in [1.54, 1.807) is 18.2 Å². The van der Waals surface area contributed by atoms with Crippen LogP contribution in [0.15, 0.2) is 102 Å².